The zero-order valence-electron chi connectivity index (χ0n) is 6.39. The van der Waals surface area contributed by atoms with Gasteiger partial charge in [-0.2, -0.15) is 0 Å². The lowest BCUT2D eigenvalue weighted by molar-refractivity contribution is 0.180. The summed E-state index contributed by atoms with van der Waals surface area (Å²) in [6.45, 7) is 3.24. The fourth-order valence-corrected chi connectivity index (χ4v) is 1.45. The van der Waals surface area contributed by atoms with Gasteiger partial charge in [0.05, 0.1) is 0 Å². The Hall–Kier alpha value is -0.0400. The van der Waals surface area contributed by atoms with Crippen LogP contribution in [0.3, 0.4) is 0 Å². The van der Waals surface area contributed by atoms with Crippen LogP contribution in [0.2, 0.25) is 0 Å². The molecule has 1 fully saturated rings. The van der Waals surface area contributed by atoms with Crippen molar-refractivity contribution in [2.75, 3.05) is 13.7 Å². The third-order valence-electron chi connectivity index (χ3n) is 2.11. The van der Waals surface area contributed by atoms with Gasteiger partial charge in [0.15, 0.2) is 0 Å². The van der Waals surface area contributed by atoms with E-state index in [2.05, 4.69) is 6.92 Å². The zero-order valence-corrected chi connectivity index (χ0v) is 6.39. The van der Waals surface area contributed by atoms with E-state index in [1.807, 2.05) is 0 Å². The summed E-state index contributed by atoms with van der Waals surface area (Å²) in [5, 5.41) is 0. The molecule has 0 amide bonds. The lowest BCUT2D eigenvalue weighted by atomic mass is 10.2. The Morgan fingerprint density at radius 3 is 2.78 bits per heavy atom. The minimum atomic E-state index is 0.912. The molecule has 1 aliphatic carbocycles. The molecule has 0 bridgehead atoms. The van der Waals surface area contributed by atoms with Crippen LogP contribution in [0.25, 0.3) is 0 Å². The standard InChI is InChI=1S/C8H16O/c1-3-4-7-5-8(7)6-9-2/h7-8H,3-6H2,1-2H3. The lowest BCUT2D eigenvalue weighted by Gasteiger charge is -1.94. The first-order valence-electron chi connectivity index (χ1n) is 3.87. The molecule has 54 valence electrons. The van der Waals surface area contributed by atoms with Crippen LogP contribution in [-0.4, -0.2) is 13.7 Å². The minimum Gasteiger partial charge on any atom is -0.384 e. The lowest BCUT2D eigenvalue weighted by Crippen LogP contribution is -1.92. The summed E-state index contributed by atoms with van der Waals surface area (Å²) in [6.07, 6.45) is 4.17. The summed E-state index contributed by atoms with van der Waals surface area (Å²) >= 11 is 0. The molecule has 1 rings (SSSR count). The Balaban J connectivity index is 1.96. The summed E-state index contributed by atoms with van der Waals surface area (Å²) in [4.78, 5) is 0. The van der Waals surface area contributed by atoms with E-state index in [4.69, 9.17) is 4.74 Å². The van der Waals surface area contributed by atoms with Crippen molar-refractivity contribution in [1.82, 2.24) is 0 Å². The zero-order chi connectivity index (χ0) is 6.69. The van der Waals surface area contributed by atoms with E-state index < -0.39 is 0 Å². The van der Waals surface area contributed by atoms with Crippen LogP contribution in [0.1, 0.15) is 26.2 Å². The molecule has 0 aromatic rings. The second kappa shape index (κ2) is 3.21. The van der Waals surface area contributed by atoms with E-state index in [1.165, 1.54) is 19.3 Å². The van der Waals surface area contributed by atoms with E-state index in [0.29, 0.717) is 0 Å². The third kappa shape index (κ3) is 1.98. The van der Waals surface area contributed by atoms with Crippen LogP contribution in [0, 0.1) is 11.8 Å². The summed E-state index contributed by atoms with van der Waals surface area (Å²) in [7, 11) is 1.79. The second-order valence-electron chi connectivity index (χ2n) is 3.00. The van der Waals surface area contributed by atoms with Gasteiger partial charge < -0.3 is 4.74 Å². The molecule has 2 unspecified atom stereocenters. The highest BCUT2D eigenvalue weighted by Gasteiger charge is 2.35. The highest BCUT2D eigenvalue weighted by atomic mass is 16.5. The Morgan fingerprint density at radius 2 is 2.22 bits per heavy atom. The van der Waals surface area contributed by atoms with Gasteiger partial charge in [-0.15, -0.1) is 0 Å². The van der Waals surface area contributed by atoms with Crippen molar-refractivity contribution in [3.05, 3.63) is 0 Å². The van der Waals surface area contributed by atoms with E-state index in [0.717, 1.165) is 18.4 Å². The van der Waals surface area contributed by atoms with Gasteiger partial charge in [-0.25, -0.2) is 0 Å². The van der Waals surface area contributed by atoms with E-state index in [9.17, 15) is 0 Å². The van der Waals surface area contributed by atoms with Crippen molar-refractivity contribution in [1.29, 1.82) is 0 Å². The predicted octanol–water partition coefficient (Wildman–Crippen LogP) is 2.07. The van der Waals surface area contributed by atoms with E-state index in [-0.39, 0.29) is 0 Å². The Kier molecular flexibility index (Phi) is 2.52. The third-order valence-corrected chi connectivity index (χ3v) is 2.11. The van der Waals surface area contributed by atoms with Crippen molar-refractivity contribution >= 4 is 0 Å². The highest BCUT2D eigenvalue weighted by Crippen LogP contribution is 2.41. The number of methoxy groups -OCH3 is 1. The fraction of sp³-hybridized carbons (Fsp3) is 1.00. The number of hydrogen-bond acceptors (Lipinski definition) is 1. The maximum Gasteiger partial charge on any atom is 0.0493 e. The van der Waals surface area contributed by atoms with Crippen molar-refractivity contribution in [3.63, 3.8) is 0 Å². The average molecular weight is 128 g/mol. The van der Waals surface area contributed by atoms with Gasteiger partial charge in [0.1, 0.15) is 0 Å². The van der Waals surface area contributed by atoms with Crippen molar-refractivity contribution in [2.24, 2.45) is 11.8 Å². The molecule has 0 aliphatic heterocycles. The quantitative estimate of drug-likeness (QED) is 0.563. The molecule has 0 saturated heterocycles. The molecular formula is C8H16O. The summed E-state index contributed by atoms with van der Waals surface area (Å²) in [6, 6.07) is 0. The average Bonchev–Trinajstić information content (AvgIpc) is 2.50. The predicted molar refractivity (Wildman–Crippen MR) is 38.4 cm³/mol. The maximum atomic E-state index is 5.04. The molecule has 0 heterocycles. The fourth-order valence-electron chi connectivity index (χ4n) is 1.45. The van der Waals surface area contributed by atoms with Gasteiger partial charge in [0.25, 0.3) is 0 Å². The monoisotopic (exact) mass is 128 g/mol. The molecule has 0 aromatic heterocycles. The molecular weight excluding hydrogens is 112 g/mol. The van der Waals surface area contributed by atoms with Crippen molar-refractivity contribution in [3.8, 4) is 0 Å². The largest absolute Gasteiger partial charge is 0.384 e. The van der Waals surface area contributed by atoms with Crippen molar-refractivity contribution in [2.45, 2.75) is 26.2 Å². The molecule has 1 aliphatic rings. The first-order valence-corrected chi connectivity index (χ1v) is 3.87. The molecule has 0 aromatic carbocycles. The van der Waals surface area contributed by atoms with Crippen LogP contribution >= 0.6 is 0 Å². The molecule has 0 spiro atoms. The molecule has 2 atom stereocenters. The topological polar surface area (TPSA) is 9.23 Å². The normalized spacial score (nSPS) is 32.7. The molecule has 1 saturated carbocycles. The smallest absolute Gasteiger partial charge is 0.0493 e. The van der Waals surface area contributed by atoms with Crippen molar-refractivity contribution < 1.29 is 4.74 Å². The molecule has 1 nitrogen and oxygen atoms in total. The van der Waals surface area contributed by atoms with Crippen LogP contribution in [0.5, 0.6) is 0 Å². The highest BCUT2D eigenvalue weighted by molar-refractivity contribution is 4.85. The van der Waals surface area contributed by atoms with Gasteiger partial charge in [-0.05, 0) is 18.3 Å². The van der Waals surface area contributed by atoms with Gasteiger partial charge in [-0.1, -0.05) is 19.8 Å². The second-order valence-corrected chi connectivity index (χ2v) is 3.00. The maximum absolute atomic E-state index is 5.04. The van der Waals surface area contributed by atoms with Crippen LogP contribution < -0.4 is 0 Å². The Labute approximate surface area is 57.4 Å². The number of rotatable bonds is 4. The van der Waals surface area contributed by atoms with Crippen LogP contribution in [0.4, 0.5) is 0 Å². The molecule has 9 heavy (non-hydrogen) atoms. The Bertz CT molecular complexity index is 70.6. The first-order chi connectivity index (χ1) is 4.38. The van der Waals surface area contributed by atoms with Gasteiger partial charge in [-0.3, -0.25) is 0 Å². The Morgan fingerprint density at radius 1 is 1.44 bits per heavy atom. The minimum absolute atomic E-state index is 0.912. The summed E-state index contributed by atoms with van der Waals surface area (Å²) in [5.74, 6) is 1.92. The SMILES string of the molecule is CCCC1CC1COC. The molecule has 0 radical (unpaired) electrons. The number of ether oxygens (including phenoxy) is 1. The summed E-state index contributed by atoms with van der Waals surface area (Å²) in [5.41, 5.74) is 0. The van der Waals surface area contributed by atoms with E-state index in [1.54, 1.807) is 7.11 Å². The van der Waals surface area contributed by atoms with Gasteiger partial charge in [0.2, 0.25) is 0 Å². The molecule has 1 heteroatoms. The van der Waals surface area contributed by atoms with Crippen LogP contribution in [0.15, 0.2) is 0 Å². The van der Waals surface area contributed by atoms with E-state index >= 15 is 0 Å². The first kappa shape index (κ1) is 7.07. The van der Waals surface area contributed by atoms with Gasteiger partial charge in [0, 0.05) is 13.7 Å². The van der Waals surface area contributed by atoms with Gasteiger partial charge >= 0.3 is 0 Å². The summed E-state index contributed by atoms with van der Waals surface area (Å²) < 4.78 is 5.04. The number of hydrogen-bond donors (Lipinski definition) is 0. The van der Waals surface area contributed by atoms with Crippen LogP contribution in [-0.2, 0) is 4.74 Å². The molecule has 0 N–H and O–H groups in total.